The highest BCUT2D eigenvalue weighted by atomic mass is 28.4. The minimum atomic E-state index is -2.00. The van der Waals surface area contributed by atoms with E-state index in [4.69, 9.17) is 18.3 Å². The lowest BCUT2D eigenvalue weighted by atomic mass is 9.98. The molecular weight excluding hydrogens is 404 g/mol. The van der Waals surface area contributed by atoms with Crippen molar-refractivity contribution in [1.82, 2.24) is 0 Å². The van der Waals surface area contributed by atoms with Gasteiger partial charge >= 0.3 is 5.97 Å². The monoisotopic (exact) mass is 434 g/mol. The summed E-state index contributed by atoms with van der Waals surface area (Å²) in [5.41, 5.74) is 1.18. The van der Waals surface area contributed by atoms with Crippen LogP contribution in [0.1, 0.15) is 12.0 Å². The van der Waals surface area contributed by atoms with Crippen molar-refractivity contribution in [2.24, 2.45) is 0 Å². The lowest BCUT2D eigenvalue weighted by molar-refractivity contribution is -0.135. The first-order valence-corrected chi connectivity index (χ1v) is 16.4. The van der Waals surface area contributed by atoms with Crippen LogP contribution in [0.15, 0.2) is 41.7 Å². The van der Waals surface area contributed by atoms with Crippen molar-refractivity contribution in [3.05, 3.63) is 47.2 Å². The van der Waals surface area contributed by atoms with Gasteiger partial charge in [0.15, 0.2) is 6.29 Å². The molecule has 0 amide bonds. The van der Waals surface area contributed by atoms with Gasteiger partial charge in [-0.2, -0.15) is 0 Å². The van der Waals surface area contributed by atoms with E-state index in [9.17, 15) is 9.59 Å². The molecule has 1 aliphatic rings. The lowest BCUT2D eigenvalue weighted by Crippen LogP contribution is -2.33. The zero-order chi connectivity index (χ0) is 21.8. The molecule has 0 aliphatic carbocycles. The predicted molar refractivity (Wildman–Crippen MR) is 117 cm³/mol. The molecule has 0 saturated carbocycles. The van der Waals surface area contributed by atoms with Crippen LogP contribution in [-0.2, 0) is 23.2 Å². The summed E-state index contributed by atoms with van der Waals surface area (Å²) >= 11 is 0. The maximum Gasteiger partial charge on any atom is 0.333 e. The smallest absolute Gasteiger partial charge is 0.333 e. The number of para-hydroxylation sites is 1. The second kappa shape index (κ2) is 9.00. The lowest BCUT2D eigenvalue weighted by Gasteiger charge is -2.33. The number of esters is 1. The summed E-state index contributed by atoms with van der Waals surface area (Å²) in [6.45, 7) is 12.2. The minimum Gasteiger partial charge on any atom is -0.547 e. The second-order valence-electron chi connectivity index (χ2n) is 8.77. The van der Waals surface area contributed by atoms with E-state index in [0.717, 1.165) is 11.8 Å². The predicted octanol–water partition coefficient (Wildman–Crippen LogP) is 4.51. The Kier molecular flexibility index (Phi) is 7.12. The summed E-state index contributed by atoms with van der Waals surface area (Å²) in [6.07, 6.45) is 1.70. The van der Waals surface area contributed by atoms with Crippen LogP contribution >= 0.6 is 0 Å². The van der Waals surface area contributed by atoms with E-state index in [2.05, 4.69) is 19.6 Å². The van der Waals surface area contributed by atoms with Gasteiger partial charge in [0.25, 0.3) is 0 Å². The number of hydrogen-bond acceptors (Lipinski definition) is 6. The average molecular weight is 435 g/mol. The van der Waals surface area contributed by atoms with Crippen LogP contribution in [0.3, 0.4) is 0 Å². The molecule has 1 unspecified atom stereocenters. The Morgan fingerprint density at radius 2 is 1.76 bits per heavy atom. The fourth-order valence-electron chi connectivity index (χ4n) is 2.87. The normalized spacial score (nSPS) is 17.2. The topological polar surface area (TPSA) is 71.1 Å². The zero-order valence-corrected chi connectivity index (χ0v) is 20.2. The van der Waals surface area contributed by atoms with Gasteiger partial charge < -0.3 is 18.3 Å². The van der Waals surface area contributed by atoms with E-state index >= 15 is 0 Å². The fourth-order valence-corrected chi connectivity index (χ4v) is 4.64. The molecule has 1 heterocycles. The Morgan fingerprint density at radius 1 is 1.10 bits per heavy atom. The first-order chi connectivity index (χ1) is 13.4. The van der Waals surface area contributed by atoms with Gasteiger partial charge in [-0.15, -0.1) is 0 Å². The SMILES string of the molecule is COC(=O)/C=C(/CC1Oc2ccccc2C(O[Si](C)(C)C)=C1C=O)O[Si](C)(C)C. The average Bonchev–Trinajstić information content (AvgIpc) is 2.59. The zero-order valence-electron chi connectivity index (χ0n) is 18.2. The Morgan fingerprint density at radius 3 is 2.31 bits per heavy atom. The van der Waals surface area contributed by atoms with Gasteiger partial charge in [0.1, 0.15) is 17.6 Å². The van der Waals surface area contributed by atoms with Crippen molar-refractivity contribution in [3.8, 4) is 5.75 Å². The molecule has 0 spiro atoms. The summed E-state index contributed by atoms with van der Waals surface area (Å²) in [7, 11) is -2.69. The van der Waals surface area contributed by atoms with Gasteiger partial charge in [0.05, 0.1) is 30.1 Å². The third kappa shape index (κ3) is 6.61. The number of benzene rings is 1. The van der Waals surface area contributed by atoms with E-state index in [0.29, 0.717) is 22.8 Å². The Labute approximate surface area is 174 Å². The van der Waals surface area contributed by atoms with Crippen molar-refractivity contribution in [1.29, 1.82) is 0 Å². The molecule has 1 atom stereocenters. The maximum absolute atomic E-state index is 12.1. The maximum atomic E-state index is 12.1. The Balaban J connectivity index is 2.50. The molecule has 29 heavy (non-hydrogen) atoms. The van der Waals surface area contributed by atoms with Gasteiger partial charge in [-0.1, -0.05) is 12.1 Å². The number of carbonyl (C=O) groups excluding carboxylic acids is 2. The van der Waals surface area contributed by atoms with Crippen molar-refractivity contribution in [2.45, 2.75) is 51.8 Å². The van der Waals surface area contributed by atoms with Gasteiger partial charge in [-0.05, 0) is 51.4 Å². The quantitative estimate of drug-likeness (QED) is 0.197. The number of hydrogen-bond donors (Lipinski definition) is 0. The van der Waals surface area contributed by atoms with E-state index in [1.165, 1.54) is 13.2 Å². The standard InChI is InChI=1S/C21H30O6Si2/c1-24-20(23)13-15(26-28(2,3)4)12-19-17(14-22)21(27-29(5,6)7)16-10-8-9-11-18(16)25-19/h8-11,13-14,19H,12H2,1-7H3/b15-13-. The van der Waals surface area contributed by atoms with Crippen LogP contribution < -0.4 is 4.74 Å². The first kappa shape index (κ1) is 23.0. The highest BCUT2D eigenvalue weighted by Gasteiger charge is 2.34. The molecule has 0 saturated heterocycles. The number of carbonyl (C=O) groups is 2. The number of methoxy groups -OCH3 is 1. The third-order valence-corrected chi connectivity index (χ3v) is 5.54. The van der Waals surface area contributed by atoms with E-state index in [-0.39, 0.29) is 6.42 Å². The van der Waals surface area contributed by atoms with Gasteiger partial charge in [0, 0.05) is 6.42 Å². The molecule has 1 aromatic carbocycles. The van der Waals surface area contributed by atoms with Crippen LogP contribution in [0.25, 0.3) is 5.76 Å². The van der Waals surface area contributed by atoms with Crippen LogP contribution in [0.5, 0.6) is 5.75 Å². The molecule has 0 N–H and O–H groups in total. The van der Waals surface area contributed by atoms with Crippen LogP contribution in [0.4, 0.5) is 0 Å². The summed E-state index contributed by atoms with van der Waals surface area (Å²) in [5, 5.41) is 0. The second-order valence-corrected chi connectivity index (χ2v) is 17.6. The van der Waals surface area contributed by atoms with E-state index < -0.39 is 28.7 Å². The van der Waals surface area contributed by atoms with Crippen molar-refractivity contribution < 1.29 is 27.9 Å². The molecule has 0 fully saturated rings. The Hall–Kier alpha value is -2.33. The molecule has 1 aromatic rings. The summed E-state index contributed by atoms with van der Waals surface area (Å²) in [5.74, 6) is 1.12. The highest BCUT2D eigenvalue weighted by molar-refractivity contribution is 6.70. The third-order valence-electron chi connectivity index (χ3n) is 3.85. The van der Waals surface area contributed by atoms with Crippen molar-refractivity contribution in [3.63, 3.8) is 0 Å². The molecule has 1 aliphatic heterocycles. The van der Waals surface area contributed by atoms with Crippen LogP contribution in [0.2, 0.25) is 39.3 Å². The largest absolute Gasteiger partial charge is 0.547 e. The molecule has 6 nitrogen and oxygen atoms in total. The van der Waals surface area contributed by atoms with Crippen LogP contribution in [-0.4, -0.2) is 42.1 Å². The molecular formula is C21H30O6Si2. The molecule has 8 heteroatoms. The number of ether oxygens (including phenoxy) is 2. The number of fused-ring (bicyclic) bond motifs is 1. The van der Waals surface area contributed by atoms with E-state index in [1.54, 1.807) is 0 Å². The Bertz CT molecular complexity index is 830. The molecule has 0 bridgehead atoms. The van der Waals surface area contributed by atoms with Gasteiger partial charge in [-0.25, -0.2) is 4.79 Å². The molecule has 0 aromatic heterocycles. The molecule has 0 radical (unpaired) electrons. The first-order valence-electron chi connectivity index (χ1n) is 9.55. The van der Waals surface area contributed by atoms with Crippen LogP contribution in [0, 0.1) is 0 Å². The molecule has 158 valence electrons. The summed E-state index contributed by atoms with van der Waals surface area (Å²) in [4.78, 5) is 23.9. The van der Waals surface area contributed by atoms with Gasteiger partial charge in [0.2, 0.25) is 16.6 Å². The van der Waals surface area contributed by atoms with Gasteiger partial charge in [-0.3, -0.25) is 4.79 Å². The number of aldehydes is 1. The minimum absolute atomic E-state index is 0.223. The fraction of sp³-hybridized carbons (Fsp3) is 0.429. The summed E-state index contributed by atoms with van der Waals surface area (Å²) < 4.78 is 23.3. The molecule has 2 rings (SSSR count). The van der Waals surface area contributed by atoms with E-state index in [1.807, 2.05) is 43.9 Å². The highest BCUT2D eigenvalue weighted by Crippen LogP contribution is 2.39. The van der Waals surface area contributed by atoms with Crippen molar-refractivity contribution >= 4 is 34.6 Å². The van der Waals surface area contributed by atoms with Crippen molar-refractivity contribution in [2.75, 3.05) is 7.11 Å². The summed E-state index contributed by atoms with van der Waals surface area (Å²) in [6, 6.07) is 7.49. The number of rotatable bonds is 8.